The lowest BCUT2D eigenvalue weighted by Gasteiger charge is -2.11. The van der Waals surface area contributed by atoms with Gasteiger partial charge in [-0.1, -0.05) is 30.7 Å². The molecule has 18 heavy (non-hydrogen) atoms. The molecule has 0 heterocycles. The molecule has 100 valence electrons. The Morgan fingerprint density at radius 3 is 2.83 bits per heavy atom. The SMILES string of the molecule is COC(=O)CC(C)SCCOc1ccccc1Cl. The fraction of sp³-hybridized carbons (Fsp3) is 0.462. The van der Waals surface area contributed by atoms with E-state index in [1.807, 2.05) is 25.1 Å². The van der Waals surface area contributed by atoms with Gasteiger partial charge >= 0.3 is 5.97 Å². The monoisotopic (exact) mass is 288 g/mol. The van der Waals surface area contributed by atoms with E-state index in [1.165, 1.54) is 7.11 Å². The summed E-state index contributed by atoms with van der Waals surface area (Å²) in [6, 6.07) is 7.38. The molecule has 1 unspecified atom stereocenters. The van der Waals surface area contributed by atoms with Crippen molar-refractivity contribution in [2.24, 2.45) is 0 Å². The molecule has 0 aliphatic rings. The highest BCUT2D eigenvalue weighted by Gasteiger charge is 2.09. The lowest BCUT2D eigenvalue weighted by Crippen LogP contribution is -2.11. The average Bonchev–Trinajstić information content (AvgIpc) is 2.36. The van der Waals surface area contributed by atoms with Crippen LogP contribution in [0.25, 0.3) is 0 Å². The number of carbonyl (C=O) groups excluding carboxylic acids is 1. The fourth-order valence-electron chi connectivity index (χ4n) is 1.34. The predicted molar refractivity (Wildman–Crippen MR) is 75.5 cm³/mol. The van der Waals surface area contributed by atoms with Gasteiger partial charge in [0, 0.05) is 11.0 Å². The summed E-state index contributed by atoms with van der Waals surface area (Å²) in [5, 5.41) is 0.845. The smallest absolute Gasteiger partial charge is 0.306 e. The van der Waals surface area contributed by atoms with Crippen LogP contribution in [0, 0.1) is 0 Å². The minimum Gasteiger partial charge on any atom is -0.491 e. The molecule has 0 bridgehead atoms. The van der Waals surface area contributed by atoms with Crippen molar-refractivity contribution in [2.75, 3.05) is 19.5 Å². The van der Waals surface area contributed by atoms with Crippen molar-refractivity contribution in [3.05, 3.63) is 29.3 Å². The second-order valence-electron chi connectivity index (χ2n) is 3.74. The molecule has 0 aromatic heterocycles. The Morgan fingerprint density at radius 2 is 2.17 bits per heavy atom. The van der Waals surface area contributed by atoms with E-state index in [-0.39, 0.29) is 11.2 Å². The summed E-state index contributed by atoms with van der Waals surface area (Å²) < 4.78 is 10.2. The zero-order chi connectivity index (χ0) is 13.4. The predicted octanol–water partition coefficient (Wildman–Crippen LogP) is 3.40. The van der Waals surface area contributed by atoms with Crippen LogP contribution in [-0.2, 0) is 9.53 Å². The quantitative estimate of drug-likeness (QED) is 0.569. The molecular formula is C13H17ClO3S. The van der Waals surface area contributed by atoms with E-state index in [2.05, 4.69) is 4.74 Å². The van der Waals surface area contributed by atoms with E-state index in [4.69, 9.17) is 16.3 Å². The average molecular weight is 289 g/mol. The topological polar surface area (TPSA) is 35.5 Å². The third-order valence-electron chi connectivity index (χ3n) is 2.26. The molecule has 1 aromatic carbocycles. The van der Waals surface area contributed by atoms with Crippen molar-refractivity contribution >= 4 is 29.3 Å². The Hall–Kier alpha value is -0.870. The molecule has 1 aromatic rings. The third kappa shape index (κ3) is 5.65. The van der Waals surface area contributed by atoms with Crippen LogP contribution in [0.4, 0.5) is 0 Å². The Labute approximate surface area is 117 Å². The number of esters is 1. The molecule has 0 radical (unpaired) electrons. The van der Waals surface area contributed by atoms with Crippen molar-refractivity contribution in [3.8, 4) is 5.75 Å². The highest BCUT2D eigenvalue weighted by atomic mass is 35.5. The molecule has 0 spiro atoms. The van der Waals surface area contributed by atoms with Crippen LogP contribution >= 0.6 is 23.4 Å². The molecule has 5 heteroatoms. The van der Waals surface area contributed by atoms with Crippen LogP contribution < -0.4 is 4.74 Å². The summed E-state index contributed by atoms with van der Waals surface area (Å²) in [4.78, 5) is 11.0. The van der Waals surface area contributed by atoms with Gasteiger partial charge in [-0.05, 0) is 12.1 Å². The fourth-order valence-corrected chi connectivity index (χ4v) is 2.37. The minimum atomic E-state index is -0.179. The van der Waals surface area contributed by atoms with E-state index in [9.17, 15) is 4.79 Å². The summed E-state index contributed by atoms with van der Waals surface area (Å²) >= 11 is 7.64. The number of hydrogen-bond donors (Lipinski definition) is 0. The second-order valence-corrected chi connectivity index (χ2v) is 5.69. The van der Waals surface area contributed by atoms with E-state index < -0.39 is 0 Å². The number of para-hydroxylation sites is 1. The van der Waals surface area contributed by atoms with Crippen molar-refractivity contribution in [2.45, 2.75) is 18.6 Å². The maximum absolute atomic E-state index is 11.0. The Balaban J connectivity index is 2.19. The zero-order valence-electron chi connectivity index (χ0n) is 10.5. The number of thioether (sulfide) groups is 1. The van der Waals surface area contributed by atoms with Gasteiger partial charge < -0.3 is 9.47 Å². The van der Waals surface area contributed by atoms with Crippen LogP contribution in [0.15, 0.2) is 24.3 Å². The Morgan fingerprint density at radius 1 is 1.44 bits per heavy atom. The zero-order valence-corrected chi connectivity index (χ0v) is 12.1. The number of methoxy groups -OCH3 is 1. The molecule has 1 rings (SSSR count). The van der Waals surface area contributed by atoms with Crippen LogP contribution in [-0.4, -0.2) is 30.7 Å². The van der Waals surface area contributed by atoms with Crippen LogP contribution in [0.1, 0.15) is 13.3 Å². The highest BCUT2D eigenvalue weighted by Crippen LogP contribution is 2.23. The van der Waals surface area contributed by atoms with Crippen LogP contribution in [0.2, 0.25) is 5.02 Å². The second kappa shape index (κ2) is 8.27. The number of benzene rings is 1. The standard InChI is InChI=1S/C13H17ClO3S/c1-10(9-13(15)16-2)18-8-7-17-12-6-4-3-5-11(12)14/h3-6,10H,7-9H2,1-2H3. The third-order valence-corrected chi connectivity index (χ3v) is 3.71. The minimum absolute atomic E-state index is 0.179. The van der Waals surface area contributed by atoms with Gasteiger partial charge in [-0.2, -0.15) is 11.8 Å². The molecule has 0 aliphatic heterocycles. The number of halogens is 1. The molecule has 0 fully saturated rings. The highest BCUT2D eigenvalue weighted by molar-refractivity contribution is 7.99. The van der Waals surface area contributed by atoms with Gasteiger partial charge in [0.05, 0.1) is 25.2 Å². The van der Waals surface area contributed by atoms with Crippen molar-refractivity contribution < 1.29 is 14.3 Å². The summed E-state index contributed by atoms with van der Waals surface area (Å²) in [6.45, 7) is 2.57. The maximum atomic E-state index is 11.0. The molecule has 0 amide bonds. The molecule has 0 saturated heterocycles. The van der Waals surface area contributed by atoms with E-state index in [1.54, 1.807) is 17.8 Å². The Kier molecular flexibility index (Phi) is 6.98. The first kappa shape index (κ1) is 15.2. The van der Waals surface area contributed by atoms with Crippen molar-refractivity contribution in [1.82, 2.24) is 0 Å². The molecule has 3 nitrogen and oxygen atoms in total. The van der Waals surface area contributed by atoms with Gasteiger partial charge in [0.2, 0.25) is 0 Å². The largest absolute Gasteiger partial charge is 0.491 e. The first-order chi connectivity index (χ1) is 8.63. The van der Waals surface area contributed by atoms with Gasteiger partial charge in [0.25, 0.3) is 0 Å². The summed E-state index contributed by atoms with van der Waals surface area (Å²) in [5.74, 6) is 1.33. The van der Waals surface area contributed by atoms with Crippen LogP contribution in [0.5, 0.6) is 5.75 Å². The van der Waals surface area contributed by atoms with Gasteiger partial charge in [0.1, 0.15) is 5.75 Å². The lowest BCUT2D eigenvalue weighted by molar-refractivity contribution is -0.140. The number of hydrogen-bond acceptors (Lipinski definition) is 4. The first-order valence-electron chi connectivity index (χ1n) is 5.69. The first-order valence-corrected chi connectivity index (χ1v) is 7.12. The van der Waals surface area contributed by atoms with Gasteiger partial charge in [-0.15, -0.1) is 0 Å². The molecular weight excluding hydrogens is 272 g/mol. The van der Waals surface area contributed by atoms with Crippen molar-refractivity contribution in [1.29, 1.82) is 0 Å². The van der Waals surface area contributed by atoms with E-state index in [0.29, 0.717) is 23.8 Å². The normalized spacial score (nSPS) is 11.9. The molecule has 0 aliphatic carbocycles. The van der Waals surface area contributed by atoms with Crippen molar-refractivity contribution in [3.63, 3.8) is 0 Å². The van der Waals surface area contributed by atoms with E-state index >= 15 is 0 Å². The van der Waals surface area contributed by atoms with Gasteiger partial charge in [-0.3, -0.25) is 4.79 Å². The summed E-state index contributed by atoms with van der Waals surface area (Å²) in [7, 11) is 1.40. The number of rotatable bonds is 7. The summed E-state index contributed by atoms with van der Waals surface area (Å²) in [6.07, 6.45) is 0.424. The van der Waals surface area contributed by atoms with Gasteiger partial charge in [-0.25, -0.2) is 0 Å². The summed E-state index contributed by atoms with van der Waals surface area (Å²) in [5.41, 5.74) is 0. The number of carbonyl (C=O) groups is 1. The molecule has 1 atom stereocenters. The maximum Gasteiger partial charge on any atom is 0.306 e. The van der Waals surface area contributed by atoms with Gasteiger partial charge in [0.15, 0.2) is 0 Å². The van der Waals surface area contributed by atoms with E-state index in [0.717, 1.165) is 5.75 Å². The number of ether oxygens (including phenoxy) is 2. The lowest BCUT2D eigenvalue weighted by atomic mass is 10.3. The Bertz CT molecular complexity index is 384. The van der Waals surface area contributed by atoms with Crippen LogP contribution in [0.3, 0.4) is 0 Å². The molecule has 0 N–H and O–H groups in total. The molecule has 0 saturated carbocycles.